The Morgan fingerprint density at radius 1 is 1.27 bits per heavy atom. The van der Waals surface area contributed by atoms with Crippen LogP contribution in [0.25, 0.3) is 0 Å². The predicted molar refractivity (Wildman–Crippen MR) is 52.8 cm³/mol. The largest absolute Gasteiger partial charge is 0.490 e. The van der Waals surface area contributed by atoms with Crippen molar-refractivity contribution < 1.29 is 17.9 Å². The van der Waals surface area contributed by atoms with Gasteiger partial charge in [-0.3, -0.25) is 0 Å². The quantitative estimate of drug-likeness (QED) is 0.795. The molecule has 2 rings (SSSR count). The second-order valence-electron chi connectivity index (χ2n) is 3.46. The monoisotopic (exact) mass is 280 g/mol. The van der Waals surface area contributed by atoms with E-state index in [1.807, 2.05) is 0 Å². The van der Waals surface area contributed by atoms with Crippen molar-refractivity contribution in [2.45, 2.75) is 25.1 Å². The lowest BCUT2D eigenvalue weighted by atomic mass is 10.2. The van der Waals surface area contributed by atoms with Crippen LogP contribution < -0.4 is 4.74 Å². The highest BCUT2D eigenvalue weighted by Gasteiger charge is 2.34. The Morgan fingerprint density at radius 2 is 1.93 bits per heavy atom. The lowest BCUT2D eigenvalue weighted by Gasteiger charge is -2.11. The van der Waals surface area contributed by atoms with E-state index in [1.54, 1.807) is 0 Å². The van der Waals surface area contributed by atoms with Gasteiger partial charge in [-0.2, -0.15) is 13.2 Å². The fraction of sp³-hybridized carbons (Fsp3) is 0.400. The molecule has 0 bridgehead atoms. The van der Waals surface area contributed by atoms with E-state index in [9.17, 15) is 13.2 Å². The number of halogens is 4. The molecule has 0 amide bonds. The maximum atomic E-state index is 12.5. The average Bonchev–Trinajstić information content (AvgIpc) is 2.90. The Bertz CT molecular complexity index is 371. The molecule has 0 N–H and O–H groups in total. The van der Waals surface area contributed by atoms with Crippen LogP contribution in [-0.2, 0) is 6.18 Å². The molecular formula is C10H8BrF3O. The predicted octanol–water partition coefficient (Wildman–Crippen LogP) is 4.01. The molecule has 0 atom stereocenters. The van der Waals surface area contributed by atoms with E-state index in [2.05, 4.69) is 15.9 Å². The number of hydrogen-bond acceptors (Lipinski definition) is 1. The standard InChI is InChI=1S/C10H8BrF3O/c11-9-4-3-7(15-6-1-2-6)5-8(9)10(12,13)14/h3-6H,1-2H2. The fourth-order valence-electron chi connectivity index (χ4n) is 1.17. The number of benzene rings is 1. The maximum Gasteiger partial charge on any atom is 0.417 e. The zero-order valence-corrected chi connectivity index (χ0v) is 9.23. The van der Waals surface area contributed by atoms with Gasteiger partial charge in [0.15, 0.2) is 0 Å². The van der Waals surface area contributed by atoms with Crippen molar-refractivity contribution in [1.82, 2.24) is 0 Å². The first-order chi connectivity index (χ1) is 6.97. The third-order valence-corrected chi connectivity index (χ3v) is 2.76. The molecule has 1 fully saturated rings. The summed E-state index contributed by atoms with van der Waals surface area (Å²) in [5, 5.41) is 0. The van der Waals surface area contributed by atoms with Crippen LogP contribution in [0.15, 0.2) is 22.7 Å². The minimum Gasteiger partial charge on any atom is -0.490 e. The third kappa shape index (κ3) is 2.65. The highest BCUT2D eigenvalue weighted by Crippen LogP contribution is 2.38. The van der Waals surface area contributed by atoms with Gasteiger partial charge in [0, 0.05) is 4.47 Å². The van der Waals surface area contributed by atoms with Gasteiger partial charge in [0.25, 0.3) is 0 Å². The van der Waals surface area contributed by atoms with Gasteiger partial charge in [0.2, 0.25) is 0 Å². The van der Waals surface area contributed by atoms with Gasteiger partial charge in [-0.1, -0.05) is 15.9 Å². The molecule has 15 heavy (non-hydrogen) atoms. The third-order valence-electron chi connectivity index (χ3n) is 2.07. The number of ether oxygens (including phenoxy) is 1. The molecule has 0 radical (unpaired) electrons. The van der Waals surface area contributed by atoms with Crippen molar-refractivity contribution in [2.24, 2.45) is 0 Å². The molecule has 1 aliphatic carbocycles. The molecule has 0 spiro atoms. The molecular weight excluding hydrogens is 273 g/mol. The molecule has 82 valence electrons. The van der Waals surface area contributed by atoms with E-state index in [4.69, 9.17) is 4.74 Å². The molecule has 5 heteroatoms. The van der Waals surface area contributed by atoms with E-state index in [-0.39, 0.29) is 16.3 Å². The van der Waals surface area contributed by atoms with Crippen molar-refractivity contribution >= 4 is 15.9 Å². The number of rotatable bonds is 2. The lowest BCUT2D eigenvalue weighted by molar-refractivity contribution is -0.138. The Hall–Kier alpha value is -0.710. The van der Waals surface area contributed by atoms with Crippen LogP contribution in [0, 0.1) is 0 Å². The van der Waals surface area contributed by atoms with Gasteiger partial charge >= 0.3 is 6.18 Å². The Kier molecular flexibility index (Phi) is 2.66. The fourth-order valence-corrected chi connectivity index (χ4v) is 1.64. The molecule has 0 heterocycles. The topological polar surface area (TPSA) is 9.23 Å². The highest BCUT2D eigenvalue weighted by atomic mass is 79.9. The molecule has 1 aromatic carbocycles. The molecule has 1 saturated carbocycles. The second kappa shape index (κ2) is 3.70. The summed E-state index contributed by atoms with van der Waals surface area (Å²) >= 11 is 2.87. The number of alkyl halides is 3. The molecule has 0 aliphatic heterocycles. The summed E-state index contributed by atoms with van der Waals surface area (Å²) in [5.74, 6) is 0.285. The SMILES string of the molecule is FC(F)(F)c1cc(OC2CC2)ccc1Br. The molecule has 1 nitrogen and oxygen atoms in total. The molecule has 1 aliphatic rings. The summed E-state index contributed by atoms with van der Waals surface area (Å²) in [4.78, 5) is 0. The zero-order valence-electron chi connectivity index (χ0n) is 7.64. The highest BCUT2D eigenvalue weighted by molar-refractivity contribution is 9.10. The van der Waals surface area contributed by atoms with E-state index < -0.39 is 11.7 Å². The Morgan fingerprint density at radius 3 is 2.47 bits per heavy atom. The minimum absolute atomic E-state index is 0.0400. The van der Waals surface area contributed by atoms with Gasteiger partial charge in [-0.15, -0.1) is 0 Å². The molecule has 1 aromatic rings. The smallest absolute Gasteiger partial charge is 0.417 e. The van der Waals surface area contributed by atoms with Crippen LogP contribution in [0.4, 0.5) is 13.2 Å². The Balaban J connectivity index is 2.27. The van der Waals surface area contributed by atoms with E-state index in [1.165, 1.54) is 12.1 Å². The summed E-state index contributed by atoms with van der Waals surface area (Å²) in [7, 11) is 0. The summed E-state index contributed by atoms with van der Waals surface area (Å²) in [6.45, 7) is 0. The van der Waals surface area contributed by atoms with Crippen molar-refractivity contribution in [1.29, 1.82) is 0 Å². The van der Waals surface area contributed by atoms with Crippen molar-refractivity contribution in [2.75, 3.05) is 0 Å². The summed E-state index contributed by atoms with van der Waals surface area (Å²) in [6.07, 6.45) is -2.39. The molecule has 0 aromatic heterocycles. The van der Waals surface area contributed by atoms with Gasteiger partial charge in [0.1, 0.15) is 5.75 Å². The van der Waals surface area contributed by atoms with Crippen molar-refractivity contribution in [3.05, 3.63) is 28.2 Å². The lowest BCUT2D eigenvalue weighted by Crippen LogP contribution is -2.07. The molecule has 0 saturated heterocycles. The Labute approximate surface area is 93.4 Å². The second-order valence-corrected chi connectivity index (χ2v) is 4.31. The van der Waals surface area contributed by atoms with E-state index >= 15 is 0 Å². The van der Waals surface area contributed by atoms with Crippen LogP contribution in [0.5, 0.6) is 5.75 Å². The zero-order chi connectivity index (χ0) is 11.1. The first-order valence-corrected chi connectivity index (χ1v) is 5.29. The van der Waals surface area contributed by atoms with Crippen LogP contribution in [0.2, 0.25) is 0 Å². The van der Waals surface area contributed by atoms with Crippen LogP contribution in [0.3, 0.4) is 0 Å². The average molecular weight is 281 g/mol. The molecule has 0 unspecified atom stereocenters. The summed E-state index contributed by atoms with van der Waals surface area (Å²) in [6, 6.07) is 3.93. The first-order valence-electron chi connectivity index (χ1n) is 4.50. The van der Waals surface area contributed by atoms with Gasteiger partial charge in [0.05, 0.1) is 11.7 Å². The van der Waals surface area contributed by atoms with Crippen molar-refractivity contribution in [3.8, 4) is 5.75 Å². The summed E-state index contributed by atoms with van der Waals surface area (Å²) < 4.78 is 42.8. The van der Waals surface area contributed by atoms with Crippen LogP contribution in [0.1, 0.15) is 18.4 Å². The normalized spacial score (nSPS) is 16.5. The number of hydrogen-bond donors (Lipinski definition) is 0. The van der Waals surface area contributed by atoms with Gasteiger partial charge < -0.3 is 4.74 Å². The maximum absolute atomic E-state index is 12.5. The van der Waals surface area contributed by atoms with Crippen molar-refractivity contribution in [3.63, 3.8) is 0 Å². The minimum atomic E-state index is -4.35. The van der Waals surface area contributed by atoms with E-state index in [0.717, 1.165) is 18.9 Å². The van der Waals surface area contributed by atoms with Gasteiger partial charge in [-0.05, 0) is 31.0 Å². The first kappa shape index (κ1) is 10.8. The van der Waals surface area contributed by atoms with Crippen LogP contribution in [-0.4, -0.2) is 6.10 Å². The van der Waals surface area contributed by atoms with E-state index in [0.29, 0.717) is 0 Å². The summed E-state index contributed by atoms with van der Waals surface area (Å²) in [5.41, 5.74) is -0.694. The van der Waals surface area contributed by atoms with Crippen LogP contribution >= 0.6 is 15.9 Å². The van der Waals surface area contributed by atoms with Gasteiger partial charge in [-0.25, -0.2) is 0 Å².